The van der Waals surface area contributed by atoms with Gasteiger partial charge in [0.1, 0.15) is 11.8 Å². The van der Waals surface area contributed by atoms with Gasteiger partial charge in [-0.25, -0.2) is 0 Å². The maximum absolute atomic E-state index is 12.8. The van der Waals surface area contributed by atoms with E-state index in [-0.39, 0.29) is 5.92 Å². The van der Waals surface area contributed by atoms with E-state index in [2.05, 4.69) is 5.32 Å². The molecule has 0 aliphatic heterocycles. The number of benzene rings is 1. The fraction of sp³-hybridized carbons (Fsp3) is 0.533. The molecule has 0 fully saturated rings. The van der Waals surface area contributed by atoms with Crippen molar-refractivity contribution in [2.75, 3.05) is 14.2 Å². The third-order valence-electron chi connectivity index (χ3n) is 3.30. The van der Waals surface area contributed by atoms with Crippen LogP contribution < -0.4 is 5.32 Å². The highest BCUT2D eigenvalue weighted by molar-refractivity contribution is 7.54. The quantitative estimate of drug-likeness (QED) is 0.677. The average molecular weight is 329 g/mol. The lowest BCUT2D eigenvalue weighted by atomic mass is 10.0. The highest BCUT2D eigenvalue weighted by atomic mass is 31.2. The Bertz CT molecular complexity index is 512. The van der Waals surface area contributed by atoms with Crippen molar-refractivity contribution in [3.8, 4) is 0 Å². The molecule has 6 nitrogen and oxygen atoms in total. The van der Waals surface area contributed by atoms with Crippen molar-refractivity contribution in [2.24, 2.45) is 5.92 Å². The maximum atomic E-state index is 12.8. The first-order valence-corrected chi connectivity index (χ1v) is 8.70. The first-order valence-electron chi connectivity index (χ1n) is 7.09. The molecule has 1 rings (SSSR count). The lowest BCUT2D eigenvalue weighted by Gasteiger charge is -2.29. The van der Waals surface area contributed by atoms with Crippen LogP contribution in [0.5, 0.6) is 0 Å². The number of carbonyl (C=O) groups is 1. The molecule has 2 N–H and O–H groups in total. The van der Waals surface area contributed by atoms with E-state index in [0.717, 1.165) is 0 Å². The van der Waals surface area contributed by atoms with E-state index >= 15 is 0 Å². The fourth-order valence-electron chi connectivity index (χ4n) is 2.19. The van der Waals surface area contributed by atoms with Crippen molar-refractivity contribution in [3.05, 3.63) is 35.9 Å². The van der Waals surface area contributed by atoms with Crippen molar-refractivity contribution in [2.45, 2.75) is 32.1 Å². The third kappa shape index (κ3) is 4.92. The number of aliphatic carboxylic acids is 1. The zero-order valence-electron chi connectivity index (χ0n) is 13.4. The molecule has 1 aromatic carbocycles. The van der Waals surface area contributed by atoms with Crippen LogP contribution in [0.4, 0.5) is 0 Å². The molecular weight excluding hydrogens is 305 g/mol. The molecule has 0 unspecified atom stereocenters. The normalized spacial score (nSPS) is 14.8. The van der Waals surface area contributed by atoms with Gasteiger partial charge in [-0.1, -0.05) is 44.2 Å². The van der Waals surface area contributed by atoms with Crippen molar-refractivity contribution < 1.29 is 23.5 Å². The van der Waals surface area contributed by atoms with Gasteiger partial charge in [0, 0.05) is 14.2 Å². The third-order valence-corrected chi connectivity index (χ3v) is 5.40. The predicted octanol–water partition coefficient (Wildman–Crippen LogP) is 3.26. The van der Waals surface area contributed by atoms with Crippen molar-refractivity contribution >= 4 is 13.6 Å². The molecule has 0 radical (unpaired) electrons. The van der Waals surface area contributed by atoms with Crippen molar-refractivity contribution in [3.63, 3.8) is 0 Å². The first-order chi connectivity index (χ1) is 10.3. The van der Waals surface area contributed by atoms with Crippen LogP contribution in [0.25, 0.3) is 0 Å². The molecule has 0 spiro atoms. The van der Waals surface area contributed by atoms with Gasteiger partial charge in [0.05, 0.1) is 0 Å². The standard InChI is InChI=1S/C15H24NO5P/c1-11(2)10-13(15(17)18)16-14(22(19,20-3)21-4)12-8-6-5-7-9-12/h5-9,11,13-14,16H,10H2,1-4H3,(H,17,18)/t13-,14-/m1/s1. The Morgan fingerprint density at radius 3 is 2.18 bits per heavy atom. The van der Waals surface area contributed by atoms with Gasteiger partial charge in [0.2, 0.25) is 0 Å². The van der Waals surface area contributed by atoms with Crippen LogP contribution in [0.1, 0.15) is 31.6 Å². The number of carboxylic acids is 1. The molecule has 0 saturated heterocycles. The highest BCUT2D eigenvalue weighted by Crippen LogP contribution is 2.58. The summed E-state index contributed by atoms with van der Waals surface area (Å²) in [5.74, 6) is -1.66. The summed E-state index contributed by atoms with van der Waals surface area (Å²) in [6.07, 6.45) is 0.409. The van der Waals surface area contributed by atoms with Crippen LogP contribution in [0.15, 0.2) is 30.3 Å². The minimum atomic E-state index is -3.52. The maximum Gasteiger partial charge on any atom is 0.351 e. The second-order valence-corrected chi connectivity index (χ2v) is 7.73. The van der Waals surface area contributed by atoms with E-state index in [1.165, 1.54) is 14.2 Å². The van der Waals surface area contributed by atoms with Crippen molar-refractivity contribution in [1.29, 1.82) is 0 Å². The number of rotatable bonds is 9. The molecule has 0 aromatic heterocycles. The monoisotopic (exact) mass is 329 g/mol. The number of hydrogen-bond acceptors (Lipinski definition) is 5. The summed E-state index contributed by atoms with van der Waals surface area (Å²) in [5.41, 5.74) is 0.657. The molecule has 1 aromatic rings. The Kier molecular flexibility index (Phi) is 7.23. The fourth-order valence-corrected chi connectivity index (χ4v) is 3.66. The molecule has 0 aliphatic rings. The number of carboxylic acid groups (broad SMARTS) is 1. The summed E-state index contributed by atoms with van der Waals surface area (Å²) >= 11 is 0. The molecule has 0 aliphatic carbocycles. The van der Waals surface area contributed by atoms with Crippen LogP contribution in [-0.4, -0.2) is 31.3 Å². The zero-order chi connectivity index (χ0) is 16.8. The summed E-state index contributed by atoms with van der Waals surface area (Å²) in [7, 11) is -0.941. The van der Waals surface area contributed by atoms with E-state index in [0.29, 0.717) is 12.0 Å². The van der Waals surface area contributed by atoms with Crippen LogP contribution in [0, 0.1) is 5.92 Å². The van der Waals surface area contributed by atoms with Crippen molar-refractivity contribution in [1.82, 2.24) is 5.32 Å². The number of hydrogen-bond donors (Lipinski definition) is 2. The van der Waals surface area contributed by atoms with E-state index in [1.54, 1.807) is 24.3 Å². The molecule has 0 heterocycles. The summed E-state index contributed by atoms with van der Waals surface area (Å²) in [4.78, 5) is 11.5. The van der Waals surface area contributed by atoms with Gasteiger partial charge < -0.3 is 14.2 Å². The Morgan fingerprint density at radius 2 is 1.77 bits per heavy atom. The predicted molar refractivity (Wildman–Crippen MR) is 84.8 cm³/mol. The van der Waals surface area contributed by atoms with Gasteiger partial charge in [-0.15, -0.1) is 0 Å². The van der Waals surface area contributed by atoms with Gasteiger partial charge in [-0.2, -0.15) is 0 Å². The minimum absolute atomic E-state index is 0.175. The molecule has 0 amide bonds. The largest absolute Gasteiger partial charge is 0.480 e. The van der Waals surface area contributed by atoms with Crippen LogP contribution >= 0.6 is 7.60 Å². The molecular formula is C15H24NO5P. The van der Waals surface area contributed by atoms with Crippen LogP contribution in [-0.2, 0) is 18.4 Å². The van der Waals surface area contributed by atoms with Gasteiger partial charge in [0.25, 0.3) is 0 Å². The van der Waals surface area contributed by atoms with Crippen LogP contribution in [0.3, 0.4) is 0 Å². The molecule has 22 heavy (non-hydrogen) atoms. The minimum Gasteiger partial charge on any atom is -0.480 e. The smallest absolute Gasteiger partial charge is 0.351 e. The summed E-state index contributed by atoms with van der Waals surface area (Å²) < 4.78 is 22.9. The summed E-state index contributed by atoms with van der Waals surface area (Å²) in [6, 6.07) is 8.08. The second-order valence-electron chi connectivity index (χ2n) is 5.41. The van der Waals surface area contributed by atoms with Gasteiger partial charge >= 0.3 is 13.6 Å². The molecule has 7 heteroatoms. The van der Waals surface area contributed by atoms with Gasteiger partial charge in [-0.05, 0) is 17.9 Å². The van der Waals surface area contributed by atoms with E-state index in [1.807, 2.05) is 19.9 Å². The SMILES string of the molecule is COP(=O)(OC)[C@@H](N[C@H](CC(C)C)C(=O)O)c1ccccc1. The summed E-state index contributed by atoms with van der Waals surface area (Å²) in [5, 5.41) is 12.3. The molecule has 124 valence electrons. The lowest BCUT2D eigenvalue weighted by molar-refractivity contribution is -0.140. The molecule has 2 atom stereocenters. The van der Waals surface area contributed by atoms with Crippen LogP contribution in [0.2, 0.25) is 0 Å². The topological polar surface area (TPSA) is 84.9 Å². The average Bonchev–Trinajstić information content (AvgIpc) is 2.50. The highest BCUT2D eigenvalue weighted by Gasteiger charge is 2.38. The Hall–Kier alpha value is -1.20. The van der Waals surface area contributed by atoms with E-state index in [4.69, 9.17) is 9.05 Å². The second kappa shape index (κ2) is 8.44. The van der Waals surface area contributed by atoms with E-state index in [9.17, 15) is 14.5 Å². The zero-order valence-corrected chi connectivity index (χ0v) is 14.2. The Morgan fingerprint density at radius 1 is 1.23 bits per heavy atom. The molecule has 0 saturated carbocycles. The van der Waals surface area contributed by atoms with E-state index < -0.39 is 25.4 Å². The molecule has 0 bridgehead atoms. The van der Waals surface area contributed by atoms with Gasteiger partial charge in [-0.3, -0.25) is 14.7 Å². The first kappa shape index (κ1) is 18.8. The Labute approximate surface area is 131 Å². The lowest BCUT2D eigenvalue weighted by Crippen LogP contribution is -2.40. The number of nitrogens with one attached hydrogen (secondary N) is 1. The summed E-state index contributed by atoms with van der Waals surface area (Å²) in [6.45, 7) is 3.86. The van der Waals surface area contributed by atoms with Gasteiger partial charge in [0.15, 0.2) is 0 Å². The Balaban J connectivity index is 3.15.